The third kappa shape index (κ3) is 3.93. The number of nitrogens with zero attached hydrogens (tertiary/aromatic N) is 2. The number of thioether (sulfide) groups is 1. The number of halogens is 1. The Morgan fingerprint density at radius 1 is 1.27 bits per heavy atom. The third-order valence-electron chi connectivity index (χ3n) is 3.79. The standard InChI is InChI=1S/C16H18BrN3OS/c17-12-5-7-14(8-6-12)22-11-16(21)19-15-9-10-18-20(15)13-3-1-2-4-13/h5-10,13H,1-4,11H2,(H,19,21). The van der Waals surface area contributed by atoms with Crippen LogP contribution >= 0.6 is 27.7 Å². The number of carbonyl (C=O) groups excluding carboxylic acids is 1. The Labute approximate surface area is 142 Å². The van der Waals surface area contributed by atoms with Gasteiger partial charge in [0, 0.05) is 15.4 Å². The summed E-state index contributed by atoms with van der Waals surface area (Å²) in [5, 5.41) is 7.35. The van der Waals surface area contributed by atoms with Crippen molar-refractivity contribution in [2.75, 3.05) is 11.1 Å². The number of hydrogen-bond acceptors (Lipinski definition) is 3. The molecule has 0 spiro atoms. The maximum atomic E-state index is 12.1. The second-order valence-corrected chi connectivity index (χ2v) is 7.35. The average Bonchev–Trinajstić information content (AvgIpc) is 3.17. The van der Waals surface area contributed by atoms with Gasteiger partial charge in [0.25, 0.3) is 0 Å². The summed E-state index contributed by atoms with van der Waals surface area (Å²) in [6.45, 7) is 0. The van der Waals surface area contributed by atoms with Crippen molar-refractivity contribution in [1.29, 1.82) is 0 Å². The topological polar surface area (TPSA) is 46.9 Å². The van der Waals surface area contributed by atoms with Crippen molar-refractivity contribution in [3.63, 3.8) is 0 Å². The number of aromatic nitrogens is 2. The Morgan fingerprint density at radius 3 is 2.73 bits per heavy atom. The lowest BCUT2D eigenvalue weighted by Gasteiger charge is -2.14. The highest BCUT2D eigenvalue weighted by Crippen LogP contribution is 2.31. The zero-order valence-corrected chi connectivity index (χ0v) is 14.6. The lowest BCUT2D eigenvalue weighted by atomic mass is 10.2. The Bertz CT molecular complexity index is 635. The minimum absolute atomic E-state index is 0.00710. The fourth-order valence-corrected chi connectivity index (χ4v) is 3.67. The van der Waals surface area contributed by atoms with E-state index < -0.39 is 0 Å². The SMILES string of the molecule is O=C(CSc1ccc(Br)cc1)Nc1ccnn1C1CCCC1. The van der Waals surface area contributed by atoms with E-state index in [0.29, 0.717) is 11.8 Å². The molecule has 0 atom stereocenters. The monoisotopic (exact) mass is 379 g/mol. The zero-order chi connectivity index (χ0) is 15.4. The predicted molar refractivity (Wildman–Crippen MR) is 93.2 cm³/mol. The van der Waals surface area contributed by atoms with Crippen LogP contribution in [-0.2, 0) is 4.79 Å². The quantitative estimate of drug-likeness (QED) is 0.778. The molecule has 1 aliphatic carbocycles. The lowest BCUT2D eigenvalue weighted by Crippen LogP contribution is -2.19. The van der Waals surface area contributed by atoms with Gasteiger partial charge in [-0.1, -0.05) is 28.8 Å². The van der Waals surface area contributed by atoms with Crippen molar-refractivity contribution >= 4 is 39.4 Å². The summed E-state index contributed by atoms with van der Waals surface area (Å²) >= 11 is 4.94. The van der Waals surface area contributed by atoms with Crippen LogP contribution in [0.2, 0.25) is 0 Å². The molecule has 3 rings (SSSR count). The van der Waals surface area contributed by atoms with E-state index in [-0.39, 0.29) is 5.91 Å². The van der Waals surface area contributed by atoms with E-state index in [9.17, 15) is 4.79 Å². The summed E-state index contributed by atoms with van der Waals surface area (Å²) in [5.41, 5.74) is 0. The van der Waals surface area contributed by atoms with Crippen molar-refractivity contribution in [2.45, 2.75) is 36.6 Å². The molecule has 1 saturated carbocycles. The predicted octanol–water partition coefficient (Wildman–Crippen LogP) is 4.49. The minimum Gasteiger partial charge on any atom is -0.310 e. The summed E-state index contributed by atoms with van der Waals surface area (Å²) in [7, 11) is 0. The van der Waals surface area contributed by atoms with Crippen molar-refractivity contribution in [3.05, 3.63) is 41.0 Å². The van der Waals surface area contributed by atoms with E-state index in [0.717, 1.165) is 28.0 Å². The van der Waals surface area contributed by atoms with Crippen LogP contribution in [0.3, 0.4) is 0 Å². The van der Waals surface area contributed by atoms with Crippen LogP contribution in [0.15, 0.2) is 45.9 Å². The van der Waals surface area contributed by atoms with Gasteiger partial charge < -0.3 is 5.32 Å². The van der Waals surface area contributed by atoms with Gasteiger partial charge in [0.05, 0.1) is 18.0 Å². The summed E-state index contributed by atoms with van der Waals surface area (Å²) in [5.74, 6) is 1.22. The fourth-order valence-electron chi connectivity index (χ4n) is 2.71. The molecule has 0 bridgehead atoms. The largest absolute Gasteiger partial charge is 0.310 e. The van der Waals surface area contributed by atoms with E-state index >= 15 is 0 Å². The zero-order valence-electron chi connectivity index (χ0n) is 12.2. The summed E-state index contributed by atoms with van der Waals surface area (Å²) in [4.78, 5) is 13.2. The first kappa shape index (κ1) is 15.6. The highest BCUT2D eigenvalue weighted by atomic mass is 79.9. The van der Waals surface area contributed by atoms with Gasteiger partial charge in [-0.05, 0) is 37.1 Å². The highest BCUT2D eigenvalue weighted by molar-refractivity contribution is 9.10. The van der Waals surface area contributed by atoms with Gasteiger partial charge in [-0.3, -0.25) is 4.79 Å². The van der Waals surface area contributed by atoms with Crippen LogP contribution in [0.25, 0.3) is 0 Å². The van der Waals surface area contributed by atoms with Crippen LogP contribution in [0.4, 0.5) is 5.82 Å². The maximum Gasteiger partial charge on any atom is 0.235 e. The van der Waals surface area contributed by atoms with Crippen LogP contribution in [0.5, 0.6) is 0 Å². The molecule has 0 radical (unpaired) electrons. The van der Waals surface area contributed by atoms with Crippen molar-refractivity contribution in [2.24, 2.45) is 0 Å². The van der Waals surface area contributed by atoms with Crippen LogP contribution in [-0.4, -0.2) is 21.4 Å². The van der Waals surface area contributed by atoms with Gasteiger partial charge in [0.15, 0.2) is 0 Å². The number of rotatable bonds is 5. The molecule has 1 amide bonds. The molecule has 0 unspecified atom stereocenters. The molecule has 1 heterocycles. The molecule has 1 aromatic carbocycles. The van der Waals surface area contributed by atoms with Crippen LogP contribution in [0.1, 0.15) is 31.7 Å². The van der Waals surface area contributed by atoms with E-state index in [1.54, 1.807) is 6.20 Å². The number of carbonyl (C=O) groups is 1. The third-order valence-corrected chi connectivity index (χ3v) is 5.33. The van der Waals surface area contributed by atoms with Crippen LogP contribution in [0, 0.1) is 0 Å². The van der Waals surface area contributed by atoms with Gasteiger partial charge in [0.2, 0.25) is 5.91 Å². The van der Waals surface area contributed by atoms with Gasteiger partial charge >= 0.3 is 0 Å². The van der Waals surface area contributed by atoms with Crippen molar-refractivity contribution in [1.82, 2.24) is 9.78 Å². The number of anilines is 1. The second-order valence-electron chi connectivity index (χ2n) is 5.39. The van der Waals surface area contributed by atoms with Gasteiger partial charge in [-0.2, -0.15) is 5.10 Å². The van der Waals surface area contributed by atoms with E-state index in [4.69, 9.17) is 0 Å². The molecule has 6 heteroatoms. The van der Waals surface area contributed by atoms with Crippen LogP contribution < -0.4 is 5.32 Å². The smallest absolute Gasteiger partial charge is 0.235 e. The first-order valence-corrected chi connectivity index (χ1v) is 9.22. The molecule has 1 aliphatic rings. The van der Waals surface area contributed by atoms with Gasteiger partial charge in [-0.25, -0.2) is 4.68 Å². The first-order chi connectivity index (χ1) is 10.7. The van der Waals surface area contributed by atoms with Crippen molar-refractivity contribution in [3.8, 4) is 0 Å². The first-order valence-electron chi connectivity index (χ1n) is 7.44. The van der Waals surface area contributed by atoms with E-state index in [1.165, 1.54) is 24.6 Å². The molecular weight excluding hydrogens is 362 g/mol. The normalized spacial score (nSPS) is 15.1. The van der Waals surface area contributed by atoms with Crippen molar-refractivity contribution < 1.29 is 4.79 Å². The molecule has 0 saturated heterocycles. The molecule has 22 heavy (non-hydrogen) atoms. The summed E-state index contributed by atoms with van der Waals surface area (Å²) in [6.07, 6.45) is 6.56. The Balaban J connectivity index is 1.55. The molecule has 116 valence electrons. The number of benzene rings is 1. The van der Waals surface area contributed by atoms with Gasteiger partial charge in [-0.15, -0.1) is 11.8 Å². The molecule has 0 aliphatic heterocycles. The van der Waals surface area contributed by atoms with E-state index in [2.05, 4.69) is 26.3 Å². The molecule has 1 fully saturated rings. The number of amides is 1. The van der Waals surface area contributed by atoms with E-state index in [1.807, 2.05) is 35.0 Å². The fraction of sp³-hybridized carbons (Fsp3) is 0.375. The Morgan fingerprint density at radius 2 is 2.00 bits per heavy atom. The molecule has 4 nitrogen and oxygen atoms in total. The number of nitrogens with one attached hydrogen (secondary N) is 1. The molecule has 1 N–H and O–H groups in total. The molecule has 1 aromatic heterocycles. The maximum absolute atomic E-state index is 12.1. The second kappa shape index (κ2) is 7.33. The summed E-state index contributed by atoms with van der Waals surface area (Å²) in [6, 6.07) is 10.3. The minimum atomic E-state index is 0.00710. The molecule has 2 aromatic rings. The Kier molecular flexibility index (Phi) is 5.20. The number of hydrogen-bond donors (Lipinski definition) is 1. The average molecular weight is 380 g/mol. The molecular formula is C16H18BrN3OS. The highest BCUT2D eigenvalue weighted by Gasteiger charge is 2.20. The Hall–Kier alpha value is -1.27. The van der Waals surface area contributed by atoms with Gasteiger partial charge in [0.1, 0.15) is 5.82 Å². The summed E-state index contributed by atoms with van der Waals surface area (Å²) < 4.78 is 3.01. The lowest BCUT2D eigenvalue weighted by molar-refractivity contribution is -0.113.